The summed E-state index contributed by atoms with van der Waals surface area (Å²) in [5.74, 6) is -0.130. The van der Waals surface area contributed by atoms with E-state index in [1.807, 2.05) is 6.92 Å². The molecule has 0 aromatic heterocycles. The number of hydrogen-bond acceptors (Lipinski definition) is 4. The SMILES string of the molecule is CCC(CCO)NS(=O)(=O)c1ccc2c(c1)CC(=O)N2. The molecule has 7 heteroatoms. The second-order valence-corrected chi connectivity index (χ2v) is 6.50. The number of hydrogen-bond donors (Lipinski definition) is 3. The lowest BCUT2D eigenvalue weighted by Crippen LogP contribution is -2.35. The van der Waals surface area contributed by atoms with Crippen molar-refractivity contribution in [3.63, 3.8) is 0 Å². The first kappa shape index (κ1) is 15.0. The molecule has 0 radical (unpaired) electrons. The van der Waals surface area contributed by atoms with Crippen molar-refractivity contribution in [2.45, 2.75) is 37.1 Å². The zero-order valence-corrected chi connectivity index (χ0v) is 12.0. The Morgan fingerprint density at radius 2 is 2.20 bits per heavy atom. The quantitative estimate of drug-likeness (QED) is 0.717. The first-order chi connectivity index (χ1) is 9.46. The molecule has 2 rings (SSSR count). The summed E-state index contributed by atoms with van der Waals surface area (Å²) in [6.45, 7) is 1.79. The molecule has 1 atom stereocenters. The molecule has 6 nitrogen and oxygen atoms in total. The third-order valence-electron chi connectivity index (χ3n) is 3.30. The van der Waals surface area contributed by atoms with Gasteiger partial charge in [0.2, 0.25) is 15.9 Å². The zero-order valence-electron chi connectivity index (χ0n) is 11.2. The maximum Gasteiger partial charge on any atom is 0.240 e. The van der Waals surface area contributed by atoms with Crippen LogP contribution in [0.5, 0.6) is 0 Å². The topological polar surface area (TPSA) is 95.5 Å². The number of aliphatic hydroxyl groups excluding tert-OH is 1. The molecule has 0 saturated heterocycles. The molecule has 1 heterocycles. The van der Waals surface area contributed by atoms with Crippen molar-refractivity contribution >= 4 is 21.6 Å². The number of amides is 1. The van der Waals surface area contributed by atoms with Gasteiger partial charge in [0.15, 0.2) is 0 Å². The monoisotopic (exact) mass is 298 g/mol. The standard InChI is InChI=1S/C13H18N2O4S/c1-2-10(5-6-16)15-20(18,19)11-3-4-12-9(7-11)8-13(17)14-12/h3-4,7,10,15-16H,2,5-6,8H2,1H3,(H,14,17). The highest BCUT2D eigenvalue weighted by Crippen LogP contribution is 2.25. The van der Waals surface area contributed by atoms with Gasteiger partial charge in [-0.25, -0.2) is 13.1 Å². The average Bonchev–Trinajstić information content (AvgIpc) is 2.76. The van der Waals surface area contributed by atoms with Crippen LogP contribution in [0.25, 0.3) is 0 Å². The van der Waals surface area contributed by atoms with E-state index in [9.17, 15) is 13.2 Å². The maximum atomic E-state index is 12.3. The molecule has 1 aromatic rings. The summed E-state index contributed by atoms with van der Waals surface area (Å²) in [6, 6.07) is 4.29. The highest BCUT2D eigenvalue weighted by Gasteiger charge is 2.23. The molecule has 1 aromatic carbocycles. The van der Waals surface area contributed by atoms with Crippen LogP contribution in [0, 0.1) is 0 Å². The van der Waals surface area contributed by atoms with Gasteiger partial charge in [0.1, 0.15) is 0 Å². The first-order valence-electron chi connectivity index (χ1n) is 6.52. The Bertz CT molecular complexity index is 613. The Morgan fingerprint density at radius 3 is 2.85 bits per heavy atom. The van der Waals surface area contributed by atoms with Gasteiger partial charge in [-0.15, -0.1) is 0 Å². The summed E-state index contributed by atoms with van der Waals surface area (Å²) in [4.78, 5) is 11.4. The lowest BCUT2D eigenvalue weighted by atomic mass is 10.2. The molecular formula is C13H18N2O4S. The van der Waals surface area contributed by atoms with Crippen molar-refractivity contribution in [2.75, 3.05) is 11.9 Å². The van der Waals surface area contributed by atoms with Crippen molar-refractivity contribution in [3.8, 4) is 0 Å². The van der Waals surface area contributed by atoms with E-state index in [1.165, 1.54) is 12.1 Å². The van der Waals surface area contributed by atoms with Gasteiger partial charge in [-0.2, -0.15) is 0 Å². The minimum Gasteiger partial charge on any atom is -0.396 e. The van der Waals surface area contributed by atoms with Crippen LogP contribution in [0.2, 0.25) is 0 Å². The Hall–Kier alpha value is -1.44. The zero-order chi connectivity index (χ0) is 14.8. The van der Waals surface area contributed by atoms with Crippen LogP contribution in [-0.4, -0.2) is 32.1 Å². The number of rotatable bonds is 6. The van der Waals surface area contributed by atoms with Gasteiger partial charge in [0.05, 0.1) is 11.3 Å². The predicted molar refractivity (Wildman–Crippen MR) is 74.9 cm³/mol. The fourth-order valence-corrected chi connectivity index (χ4v) is 3.57. The van der Waals surface area contributed by atoms with Crippen LogP contribution in [0.3, 0.4) is 0 Å². The summed E-state index contributed by atoms with van der Waals surface area (Å²) in [5, 5.41) is 11.6. The van der Waals surface area contributed by atoms with Crippen molar-refractivity contribution in [3.05, 3.63) is 23.8 Å². The van der Waals surface area contributed by atoms with Crippen LogP contribution < -0.4 is 10.0 Å². The summed E-state index contributed by atoms with van der Waals surface area (Å²) < 4.78 is 27.1. The van der Waals surface area contributed by atoms with E-state index in [0.29, 0.717) is 24.1 Å². The molecule has 0 fully saturated rings. The van der Waals surface area contributed by atoms with Gasteiger partial charge in [-0.1, -0.05) is 6.92 Å². The third-order valence-corrected chi connectivity index (χ3v) is 4.82. The minimum absolute atomic E-state index is 0.0658. The number of nitrogens with one attached hydrogen (secondary N) is 2. The van der Waals surface area contributed by atoms with Gasteiger partial charge >= 0.3 is 0 Å². The van der Waals surface area contributed by atoms with E-state index in [4.69, 9.17) is 5.11 Å². The number of aliphatic hydroxyl groups is 1. The van der Waals surface area contributed by atoms with Gasteiger partial charge in [-0.3, -0.25) is 4.79 Å². The van der Waals surface area contributed by atoms with Crippen LogP contribution in [0.1, 0.15) is 25.3 Å². The molecule has 3 N–H and O–H groups in total. The van der Waals surface area contributed by atoms with Gasteiger partial charge in [-0.05, 0) is 36.6 Å². The molecule has 0 aliphatic carbocycles. The Balaban J connectivity index is 2.22. The van der Waals surface area contributed by atoms with Crippen molar-refractivity contribution in [1.82, 2.24) is 4.72 Å². The fourth-order valence-electron chi connectivity index (χ4n) is 2.16. The molecule has 1 aliphatic rings. The van der Waals surface area contributed by atoms with E-state index in [0.717, 1.165) is 0 Å². The van der Waals surface area contributed by atoms with Gasteiger partial charge in [0.25, 0.3) is 0 Å². The van der Waals surface area contributed by atoms with Gasteiger partial charge < -0.3 is 10.4 Å². The Kier molecular flexibility index (Phi) is 4.42. The second kappa shape index (κ2) is 5.90. The van der Waals surface area contributed by atoms with E-state index < -0.39 is 10.0 Å². The molecule has 1 amide bonds. The normalized spacial score (nSPS) is 15.8. The molecule has 1 unspecified atom stereocenters. The molecule has 0 spiro atoms. The number of carbonyl (C=O) groups excluding carboxylic acids is 1. The van der Waals surface area contributed by atoms with Crippen LogP contribution in [0.15, 0.2) is 23.1 Å². The summed E-state index contributed by atoms with van der Waals surface area (Å²) >= 11 is 0. The third kappa shape index (κ3) is 3.17. The average molecular weight is 298 g/mol. The number of sulfonamides is 1. The lowest BCUT2D eigenvalue weighted by molar-refractivity contribution is -0.115. The van der Waals surface area contributed by atoms with Crippen molar-refractivity contribution in [2.24, 2.45) is 0 Å². The number of carbonyl (C=O) groups is 1. The molecule has 0 saturated carbocycles. The Morgan fingerprint density at radius 1 is 1.45 bits per heavy atom. The largest absolute Gasteiger partial charge is 0.396 e. The number of anilines is 1. The minimum atomic E-state index is -3.63. The van der Waals surface area contributed by atoms with E-state index >= 15 is 0 Å². The van der Waals surface area contributed by atoms with E-state index in [2.05, 4.69) is 10.0 Å². The van der Waals surface area contributed by atoms with Crippen LogP contribution in [-0.2, 0) is 21.2 Å². The second-order valence-electron chi connectivity index (χ2n) is 4.78. The lowest BCUT2D eigenvalue weighted by Gasteiger charge is -2.16. The first-order valence-corrected chi connectivity index (χ1v) is 8.00. The highest BCUT2D eigenvalue weighted by molar-refractivity contribution is 7.89. The smallest absolute Gasteiger partial charge is 0.240 e. The summed E-state index contributed by atoms with van der Waals surface area (Å²) in [6.07, 6.45) is 1.18. The van der Waals surface area contributed by atoms with Crippen LogP contribution in [0.4, 0.5) is 5.69 Å². The molecular weight excluding hydrogens is 280 g/mol. The predicted octanol–water partition coefficient (Wildman–Crippen LogP) is 0.620. The highest BCUT2D eigenvalue weighted by atomic mass is 32.2. The van der Waals surface area contributed by atoms with E-state index in [1.54, 1.807) is 6.07 Å². The van der Waals surface area contributed by atoms with E-state index in [-0.39, 0.29) is 29.9 Å². The maximum absolute atomic E-state index is 12.3. The number of benzene rings is 1. The molecule has 1 aliphatic heterocycles. The van der Waals surface area contributed by atoms with Crippen molar-refractivity contribution < 1.29 is 18.3 Å². The molecule has 20 heavy (non-hydrogen) atoms. The Labute approximate surface area is 118 Å². The molecule has 110 valence electrons. The summed E-state index contributed by atoms with van der Waals surface area (Å²) in [5.41, 5.74) is 1.35. The van der Waals surface area contributed by atoms with Crippen LogP contribution >= 0.6 is 0 Å². The fraction of sp³-hybridized carbons (Fsp3) is 0.462. The number of fused-ring (bicyclic) bond motifs is 1. The molecule has 0 bridgehead atoms. The van der Waals surface area contributed by atoms with Crippen molar-refractivity contribution in [1.29, 1.82) is 0 Å². The summed E-state index contributed by atoms with van der Waals surface area (Å²) in [7, 11) is -3.63. The van der Waals surface area contributed by atoms with Gasteiger partial charge in [0, 0.05) is 18.3 Å².